The first-order valence-corrected chi connectivity index (χ1v) is 7.14. The zero-order valence-corrected chi connectivity index (χ0v) is 12.1. The lowest BCUT2D eigenvalue weighted by molar-refractivity contribution is -0.122. The average molecular weight is 271 g/mol. The molecule has 1 heterocycles. The lowest BCUT2D eigenvalue weighted by Gasteiger charge is -2.41. The number of aliphatic hydroxyl groups is 1. The SMILES string of the molecule is CC(C)(C)OC(=O)N1CCC1OCCC1CC(O)C1. The molecular formula is C14H25NO4. The van der Waals surface area contributed by atoms with Crippen LogP contribution in [0.25, 0.3) is 0 Å². The van der Waals surface area contributed by atoms with Crippen LogP contribution in [-0.4, -0.2) is 47.2 Å². The van der Waals surface area contributed by atoms with Crippen molar-refractivity contribution in [3.05, 3.63) is 0 Å². The summed E-state index contributed by atoms with van der Waals surface area (Å²) in [6.07, 6.45) is 3.12. The highest BCUT2D eigenvalue weighted by Gasteiger charge is 2.36. The van der Waals surface area contributed by atoms with Crippen molar-refractivity contribution in [2.75, 3.05) is 13.2 Å². The predicted octanol–water partition coefficient (Wildman–Crippen LogP) is 2.13. The Morgan fingerprint density at radius 2 is 2.05 bits per heavy atom. The second-order valence-electron chi connectivity index (χ2n) is 6.57. The van der Waals surface area contributed by atoms with E-state index >= 15 is 0 Å². The van der Waals surface area contributed by atoms with Gasteiger partial charge in [0.25, 0.3) is 0 Å². The smallest absolute Gasteiger partial charge is 0.412 e. The van der Waals surface area contributed by atoms with E-state index in [0.717, 1.165) is 25.7 Å². The van der Waals surface area contributed by atoms with Gasteiger partial charge in [-0.15, -0.1) is 0 Å². The van der Waals surface area contributed by atoms with Crippen LogP contribution < -0.4 is 0 Å². The van der Waals surface area contributed by atoms with Crippen LogP contribution in [0.2, 0.25) is 0 Å². The van der Waals surface area contributed by atoms with Gasteiger partial charge in [-0.2, -0.15) is 0 Å². The van der Waals surface area contributed by atoms with Crippen molar-refractivity contribution in [3.63, 3.8) is 0 Å². The van der Waals surface area contributed by atoms with Gasteiger partial charge in [0.05, 0.1) is 6.10 Å². The fourth-order valence-electron chi connectivity index (χ4n) is 2.37. The van der Waals surface area contributed by atoms with Gasteiger partial charge in [0.1, 0.15) is 11.8 Å². The molecule has 1 aliphatic carbocycles. The summed E-state index contributed by atoms with van der Waals surface area (Å²) in [6, 6.07) is 0. The van der Waals surface area contributed by atoms with E-state index in [4.69, 9.17) is 9.47 Å². The Balaban J connectivity index is 1.63. The molecule has 0 aromatic carbocycles. The van der Waals surface area contributed by atoms with Crippen molar-refractivity contribution >= 4 is 6.09 Å². The minimum atomic E-state index is -0.459. The quantitative estimate of drug-likeness (QED) is 0.851. The molecule has 1 saturated carbocycles. The molecule has 19 heavy (non-hydrogen) atoms. The molecule has 1 saturated heterocycles. The fourth-order valence-corrected chi connectivity index (χ4v) is 2.37. The second kappa shape index (κ2) is 5.67. The Morgan fingerprint density at radius 1 is 1.37 bits per heavy atom. The summed E-state index contributed by atoms with van der Waals surface area (Å²) in [5.41, 5.74) is -0.459. The number of carbonyl (C=O) groups excluding carboxylic acids is 1. The maximum atomic E-state index is 11.8. The van der Waals surface area contributed by atoms with Crippen LogP contribution in [0.3, 0.4) is 0 Å². The van der Waals surface area contributed by atoms with Crippen LogP contribution in [-0.2, 0) is 9.47 Å². The first kappa shape index (κ1) is 14.6. The van der Waals surface area contributed by atoms with Gasteiger partial charge in [0.15, 0.2) is 0 Å². The molecular weight excluding hydrogens is 246 g/mol. The summed E-state index contributed by atoms with van der Waals surface area (Å²) >= 11 is 0. The molecule has 110 valence electrons. The van der Waals surface area contributed by atoms with E-state index in [1.807, 2.05) is 20.8 Å². The molecule has 0 bridgehead atoms. The zero-order valence-electron chi connectivity index (χ0n) is 12.1. The molecule has 1 amide bonds. The minimum Gasteiger partial charge on any atom is -0.444 e. The number of likely N-dealkylation sites (tertiary alicyclic amines) is 1. The lowest BCUT2D eigenvalue weighted by atomic mass is 9.80. The van der Waals surface area contributed by atoms with Gasteiger partial charge >= 0.3 is 6.09 Å². The molecule has 0 aromatic heterocycles. The molecule has 5 heteroatoms. The first-order valence-electron chi connectivity index (χ1n) is 7.14. The van der Waals surface area contributed by atoms with Gasteiger partial charge in [0.2, 0.25) is 0 Å². The minimum absolute atomic E-state index is 0.105. The van der Waals surface area contributed by atoms with Gasteiger partial charge in [-0.1, -0.05) is 0 Å². The van der Waals surface area contributed by atoms with Gasteiger partial charge in [-0.05, 0) is 46.0 Å². The molecule has 1 N–H and O–H groups in total. The first-order chi connectivity index (χ1) is 8.85. The van der Waals surface area contributed by atoms with E-state index in [9.17, 15) is 9.90 Å². The van der Waals surface area contributed by atoms with Gasteiger partial charge < -0.3 is 14.6 Å². The van der Waals surface area contributed by atoms with E-state index in [1.54, 1.807) is 4.90 Å². The third-order valence-electron chi connectivity index (χ3n) is 3.64. The number of aliphatic hydroxyl groups excluding tert-OH is 1. The summed E-state index contributed by atoms with van der Waals surface area (Å²) in [5, 5.41) is 9.20. The summed E-state index contributed by atoms with van der Waals surface area (Å²) in [4.78, 5) is 13.5. The highest BCUT2D eigenvalue weighted by atomic mass is 16.6. The molecule has 1 unspecified atom stereocenters. The number of carbonyl (C=O) groups is 1. The normalized spacial score (nSPS) is 30.5. The fraction of sp³-hybridized carbons (Fsp3) is 0.929. The predicted molar refractivity (Wildman–Crippen MR) is 70.6 cm³/mol. The molecule has 0 spiro atoms. The van der Waals surface area contributed by atoms with E-state index in [-0.39, 0.29) is 18.4 Å². The van der Waals surface area contributed by atoms with Gasteiger partial charge in [-0.25, -0.2) is 4.79 Å². The van der Waals surface area contributed by atoms with Crippen molar-refractivity contribution in [3.8, 4) is 0 Å². The summed E-state index contributed by atoms with van der Waals surface area (Å²) < 4.78 is 11.0. The second-order valence-corrected chi connectivity index (χ2v) is 6.57. The Bertz CT molecular complexity index is 320. The standard InChI is InChI=1S/C14H25NO4/c1-14(2,3)19-13(17)15-6-4-12(15)18-7-5-10-8-11(16)9-10/h10-12,16H,4-9H2,1-3H3. The number of amides is 1. The Labute approximate surface area is 114 Å². The lowest BCUT2D eigenvalue weighted by Crippen LogP contribution is -2.54. The van der Waals surface area contributed by atoms with Crippen molar-refractivity contribution in [2.24, 2.45) is 5.92 Å². The van der Waals surface area contributed by atoms with Crippen molar-refractivity contribution in [1.82, 2.24) is 4.90 Å². The Morgan fingerprint density at radius 3 is 2.53 bits per heavy atom. The van der Waals surface area contributed by atoms with Crippen molar-refractivity contribution in [2.45, 2.75) is 64.4 Å². The van der Waals surface area contributed by atoms with Crippen LogP contribution in [0.5, 0.6) is 0 Å². The van der Waals surface area contributed by atoms with Gasteiger partial charge in [0, 0.05) is 19.6 Å². The Kier molecular flexibility index (Phi) is 4.36. The van der Waals surface area contributed by atoms with E-state index in [0.29, 0.717) is 19.1 Å². The molecule has 5 nitrogen and oxygen atoms in total. The van der Waals surface area contributed by atoms with Crippen LogP contribution in [0.15, 0.2) is 0 Å². The molecule has 0 radical (unpaired) electrons. The molecule has 2 fully saturated rings. The molecule has 1 aliphatic heterocycles. The molecule has 1 atom stereocenters. The largest absolute Gasteiger partial charge is 0.444 e. The topological polar surface area (TPSA) is 59.0 Å². The van der Waals surface area contributed by atoms with Crippen molar-refractivity contribution in [1.29, 1.82) is 0 Å². The van der Waals surface area contributed by atoms with Crippen LogP contribution in [0.1, 0.15) is 46.5 Å². The highest BCUT2D eigenvalue weighted by molar-refractivity contribution is 5.69. The maximum absolute atomic E-state index is 11.8. The summed E-state index contributed by atoms with van der Waals surface area (Å²) in [7, 11) is 0. The summed E-state index contributed by atoms with van der Waals surface area (Å²) in [6.45, 7) is 6.95. The highest BCUT2D eigenvalue weighted by Crippen LogP contribution is 2.30. The number of rotatable bonds is 4. The number of nitrogens with zero attached hydrogens (tertiary/aromatic N) is 1. The molecule has 2 aliphatic rings. The number of hydrogen-bond donors (Lipinski definition) is 1. The van der Waals surface area contributed by atoms with Crippen LogP contribution >= 0.6 is 0 Å². The molecule has 2 rings (SSSR count). The third kappa shape index (κ3) is 4.08. The van der Waals surface area contributed by atoms with E-state index < -0.39 is 5.60 Å². The van der Waals surface area contributed by atoms with Crippen molar-refractivity contribution < 1.29 is 19.4 Å². The third-order valence-corrected chi connectivity index (χ3v) is 3.64. The van der Waals surface area contributed by atoms with Crippen LogP contribution in [0.4, 0.5) is 4.79 Å². The van der Waals surface area contributed by atoms with E-state index in [2.05, 4.69) is 0 Å². The maximum Gasteiger partial charge on any atom is 0.412 e. The van der Waals surface area contributed by atoms with E-state index in [1.165, 1.54) is 0 Å². The average Bonchev–Trinajstić information content (AvgIpc) is 2.16. The van der Waals surface area contributed by atoms with Crippen LogP contribution in [0, 0.1) is 5.92 Å². The monoisotopic (exact) mass is 271 g/mol. The summed E-state index contributed by atoms with van der Waals surface area (Å²) in [5.74, 6) is 0.588. The van der Waals surface area contributed by atoms with Gasteiger partial charge in [-0.3, -0.25) is 4.90 Å². The zero-order chi connectivity index (χ0) is 14.0. The number of hydrogen-bond acceptors (Lipinski definition) is 4. The number of ether oxygens (including phenoxy) is 2. The Hall–Kier alpha value is -0.810. The molecule has 0 aromatic rings.